The zero-order chi connectivity index (χ0) is 12.3. The van der Waals surface area contributed by atoms with Crippen molar-refractivity contribution in [1.29, 1.82) is 0 Å². The molecule has 0 aliphatic rings. The number of aliphatic carboxylic acids is 1. The number of rotatable bonds is 3. The Balaban J connectivity index is 3.33. The summed E-state index contributed by atoms with van der Waals surface area (Å²) in [7, 11) is 1.53. The maximum atomic E-state index is 11.1. The van der Waals surface area contributed by atoms with Gasteiger partial charge in [-0.15, -0.1) is 0 Å². The van der Waals surface area contributed by atoms with E-state index in [2.05, 4.69) is 0 Å². The molecule has 0 fully saturated rings. The van der Waals surface area contributed by atoms with Crippen LogP contribution in [-0.4, -0.2) is 18.2 Å². The van der Waals surface area contributed by atoms with Gasteiger partial charge in [0.15, 0.2) is 0 Å². The molecule has 0 radical (unpaired) electrons. The lowest BCUT2D eigenvalue weighted by molar-refractivity contribution is -0.130. The van der Waals surface area contributed by atoms with E-state index in [-0.39, 0.29) is 5.57 Å². The van der Waals surface area contributed by atoms with Gasteiger partial charge in [0, 0.05) is 5.56 Å². The van der Waals surface area contributed by atoms with Crippen molar-refractivity contribution in [2.75, 3.05) is 7.11 Å². The molecule has 0 saturated carbocycles. The fourth-order valence-corrected chi connectivity index (χ4v) is 1.69. The van der Waals surface area contributed by atoms with Crippen molar-refractivity contribution < 1.29 is 14.6 Å². The molecule has 1 rings (SSSR count). The Morgan fingerprint density at radius 3 is 2.38 bits per heavy atom. The topological polar surface area (TPSA) is 46.5 Å². The number of benzene rings is 1. The fourth-order valence-electron chi connectivity index (χ4n) is 1.42. The summed E-state index contributed by atoms with van der Waals surface area (Å²) >= 11 is 6.01. The largest absolute Gasteiger partial charge is 0.497 e. The number of methoxy groups -OCH3 is 1. The van der Waals surface area contributed by atoms with E-state index in [1.807, 2.05) is 0 Å². The molecule has 3 nitrogen and oxygen atoms in total. The third-order valence-corrected chi connectivity index (χ3v) is 2.47. The first-order valence-electron chi connectivity index (χ1n) is 4.72. The molecule has 16 heavy (non-hydrogen) atoms. The van der Waals surface area contributed by atoms with Crippen LogP contribution in [-0.2, 0) is 4.79 Å². The minimum absolute atomic E-state index is 0.229. The molecule has 0 aliphatic carbocycles. The normalized spacial score (nSPS) is 9.75. The Bertz CT molecular complexity index is 446. The van der Waals surface area contributed by atoms with Crippen molar-refractivity contribution in [2.45, 2.75) is 13.8 Å². The lowest BCUT2D eigenvalue weighted by atomic mass is 10.0. The van der Waals surface area contributed by atoms with Gasteiger partial charge in [-0.2, -0.15) is 0 Å². The van der Waals surface area contributed by atoms with Crippen LogP contribution in [0.15, 0.2) is 23.8 Å². The van der Waals surface area contributed by atoms with Gasteiger partial charge in [0.05, 0.1) is 17.7 Å². The van der Waals surface area contributed by atoms with Gasteiger partial charge >= 0.3 is 5.97 Å². The second-order valence-corrected chi connectivity index (χ2v) is 3.93. The molecule has 0 bridgehead atoms. The molecular weight excluding hydrogens is 228 g/mol. The molecule has 1 N–H and O–H groups in total. The van der Waals surface area contributed by atoms with Crippen LogP contribution in [0.5, 0.6) is 5.75 Å². The zero-order valence-electron chi connectivity index (χ0n) is 9.37. The molecule has 0 aromatic heterocycles. The van der Waals surface area contributed by atoms with Gasteiger partial charge in [0.1, 0.15) is 5.75 Å². The lowest BCUT2D eigenvalue weighted by Crippen LogP contribution is -2.02. The van der Waals surface area contributed by atoms with Gasteiger partial charge in [-0.3, -0.25) is 0 Å². The Kier molecular flexibility index (Phi) is 3.96. The highest BCUT2D eigenvalue weighted by molar-refractivity contribution is 6.34. The molecular formula is C12H13ClO3. The van der Waals surface area contributed by atoms with Crippen LogP contribution in [0.3, 0.4) is 0 Å². The van der Waals surface area contributed by atoms with E-state index >= 15 is 0 Å². The first kappa shape index (κ1) is 12.6. The summed E-state index contributed by atoms with van der Waals surface area (Å²) in [5, 5.41) is 9.47. The van der Waals surface area contributed by atoms with Crippen LogP contribution in [0.1, 0.15) is 19.4 Å². The van der Waals surface area contributed by atoms with Crippen molar-refractivity contribution in [1.82, 2.24) is 0 Å². The molecule has 0 amide bonds. The second-order valence-electron chi connectivity index (χ2n) is 3.53. The van der Waals surface area contributed by atoms with Crippen molar-refractivity contribution in [2.24, 2.45) is 0 Å². The predicted octanol–water partition coefficient (Wildman–Crippen LogP) is 3.23. The molecule has 0 saturated heterocycles. The molecule has 0 heterocycles. The Hall–Kier alpha value is -1.48. The summed E-state index contributed by atoms with van der Waals surface area (Å²) in [6.07, 6.45) is 0. The molecule has 1 aromatic rings. The van der Waals surface area contributed by atoms with Gasteiger partial charge in [-0.25, -0.2) is 4.79 Å². The van der Waals surface area contributed by atoms with Crippen molar-refractivity contribution in [3.05, 3.63) is 34.4 Å². The van der Waals surface area contributed by atoms with Gasteiger partial charge in [-0.1, -0.05) is 17.2 Å². The minimum atomic E-state index is -0.980. The van der Waals surface area contributed by atoms with E-state index in [4.69, 9.17) is 21.4 Å². The number of halogens is 1. The highest BCUT2D eigenvalue weighted by Crippen LogP contribution is 2.29. The Morgan fingerprint density at radius 1 is 1.38 bits per heavy atom. The van der Waals surface area contributed by atoms with E-state index in [1.54, 1.807) is 32.0 Å². The Morgan fingerprint density at radius 2 is 2.00 bits per heavy atom. The lowest BCUT2D eigenvalue weighted by Gasteiger charge is -2.09. The monoisotopic (exact) mass is 240 g/mol. The quantitative estimate of drug-likeness (QED) is 0.826. The van der Waals surface area contributed by atoms with E-state index in [9.17, 15) is 4.79 Å². The second kappa shape index (κ2) is 5.03. The van der Waals surface area contributed by atoms with E-state index in [0.29, 0.717) is 21.9 Å². The van der Waals surface area contributed by atoms with Crippen LogP contribution in [0.25, 0.3) is 5.57 Å². The highest BCUT2D eigenvalue weighted by atomic mass is 35.5. The van der Waals surface area contributed by atoms with Crippen LogP contribution in [0, 0.1) is 0 Å². The summed E-state index contributed by atoms with van der Waals surface area (Å²) in [5.41, 5.74) is 1.45. The SMILES string of the molecule is COc1ccc(C(C(=O)O)=C(C)C)c(Cl)c1. The predicted molar refractivity (Wildman–Crippen MR) is 63.9 cm³/mol. The maximum Gasteiger partial charge on any atom is 0.336 e. The number of carbonyl (C=O) groups is 1. The average molecular weight is 241 g/mol. The first-order chi connectivity index (χ1) is 7.47. The minimum Gasteiger partial charge on any atom is -0.497 e. The van der Waals surface area contributed by atoms with Crippen LogP contribution in [0.2, 0.25) is 5.02 Å². The van der Waals surface area contributed by atoms with Crippen LogP contribution < -0.4 is 4.74 Å². The number of ether oxygens (including phenoxy) is 1. The summed E-state index contributed by atoms with van der Waals surface area (Å²) in [5.74, 6) is -0.376. The molecule has 0 atom stereocenters. The van der Waals surface area contributed by atoms with Gasteiger partial charge in [0.25, 0.3) is 0 Å². The number of hydrogen-bond acceptors (Lipinski definition) is 2. The van der Waals surface area contributed by atoms with Gasteiger partial charge in [0.2, 0.25) is 0 Å². The molecule has 1 aromatic carbocycles. The van der Waals surface area contributed by atoms with Crippen LogP contribution in [0.4, 0.5) is 0 Å². The summed E-state index contributed by atoms with van der Waals surface area (Å²) < 4.78 is 5.00. The van der Waals surface area contributed by atoms with E-state index in [0.717, 1.165) is 0 Å². The maximum absolute atomic E-state index is 11.1. The number of carboxylic acids is 1. The van der Waals surface area contributed by atoms with Gasteiger partial charge in [-0.05, 0) is 32.0 Å². The summed E-state index contributed by atoms with van der Waals surface area (Å²) in [4.78, 5) is 11.1. The third kappa shape index (κ3) is 2.55. The molecule has 86 valence electrons. The van der Waals surface area contributed by atoms with E-state index < -0.39 is 5.97 Å². The molecule has 0 aliphatic heterocycles. The summed E-state index contributed by atoms with van der Waals surface area (Å²) in [6, 6.07) is 4.94. The van der Waals surface area contributed by atoms with Crippen molar-refractivity contribution >= 4 is 23.1 Å². The standard InChI is InChI=1S/C12H13ClO3/c1-7(2)11(12(14)15)9-5-4-8(16-3)6-10(9)13/h4-6H,1-3H3,(H,14,15). The van der Waals surface area contributed by atoms with Crippen LogP contribution >= 0.6 is 11.6 Å². The fraction of sp³-hybridized carbons (Fsp3) is 0.250. The van der Waals surface area contributed by atoms with Crippen molar-refractivity contribution in [3.8, 4) is 5.75 Å². The zero-order valence-corrected chi connectivity index (χ0v) is 10.1. The summed E-state index contributed by atoms with van der Waals surface area (Å²) in [6.45, 7) is 3.48. The average Bonchev–Trinajstić information content (AvgIpc) is 2.19. The smallest absolute Gasteiger partial charge is 0.336 e. The van der Waals surface area contributed by atoms with Crippen molar-refractivity contribution in [3.63, 3.8) is 0 Å². The molecule has 0 spiro atoms. The van der Waals surface area contributed by atoms with E-state index in [1.165, 1.54) is 7.11 Å². The molecule has 0 unspecified atom stereocenters. The molecule has 4 heteroatoms. The van der Waals surface area contributed by atoms with Gasteiger partial charge < -0.3 is 9.84 Å². The highest BCUT2D eigenvalue weighted by Gasteiger charge is 2.15. The number of allylic oxidation sites excluding steroid dienone is 1. The third-order valence-electron chi connectivity index (χ3n) is 2.16. The number of carboxylic acid groups (broad SMARTS) is 1. The number of hydrogen-bond donors (Lipinski definition) is 1. The Labute approximate surface area is 99.3 Å². The first-order valence-corrected chi connectivity index (χ1v) is 5.10.